The van der Waals surface area contributed by atoms with Crippen LogP contribution in [0.2, 0.25) is 0 Å². The maximum absolute atomic E-state index is 8.37. The molecule has 0 heterocycles. The molecule has 1 N–H and O–H groups in total. The van der Waals surface area contributed by atoms with Crippen LogP contribution in [0.25, 0.3) is 0 Å². The molecule has 0 fully saturated rings. The van der Waals surface area contributed by atoms with Crippen LogP contribution < -0.4 is 0 Å². The third-order valence-corrected chi connectivity index (χ3v) is 1.44. The molecular formula is C7H16O2. The van der Waals surface area contributed by atoms with E-state index in [2.05, 4.69) is 4.89 Å². The summed E-state index contributed by atoms with van der Waals surface area (Å²) in [5, 5.41) is 8.37. The Morgan fingerprint density at radius 2 is 1.33 bits per heavy atom. The van der Waals surface area contributed by atoms with Crippen LogP contribution in [0.1, 0.15) is 27.7 Å². The monoisotopic (exact) mass is 132 g/mol. The molecule has 0 bridgehead atoms. The van der Waals surface area contributed by atoms with E-state index < -0.39 is 0 Å². The van der Waals surface area contributed by atoms with Crippen LogP contribution >= 0.6 is 0 Å². The van der Waals surface area contributed by atoms with E-state index in [1.54, 1.807) is 0 Å². The van der Waals surface area contributed by atoms with Crippen LogP contribution in [0.15, 0.2) is 0 Å². The molecule has 0 aliphatic carbocycles. The Morgan fingerprint density at radius 1 is 1.00 bits per heavy atom. The maximum Gasteiger partial charge on any atom is 0.0972 e. The Balaban J connectivity index is 3.68. The zero-order chi connectivity index (χ0) is 7.44. The van der Waals surface area contributed by atoms with Gasteiger partial charge in [-0.05, 0) is 11.8 Å². The van der Waals surface area contributed by atoms with Crippen molar-refractivity contribution >= 4 is 0 Å². The normalized spacial score (nSPS) is 12.0. The van der Waals surface area contributed by atoms with Gasteiger partial charge in [-0.2, -0.15) is 0 Å². The quantitative estimate of drug-likeness (QED) is 0.471. The molecule has 0 radical (unpaired) electrons. The molecule has 2 heteroatoms. The predicted molar refractivity (Wildman–Crippen MR) is 37.2 cm³/mol. The lowest BCUT2D eigenvalue weighted by Gasteiger charge is -2.20. The summed E-state index contributed by atoms with van der Waals surface area (Å²) < 4.78 is 0. The van der Waals surface area contributed by atoms with Gasteiger partial charge < -0.3 is 0 Å². The van der Waals surface area contributed by atoms with Gasteiger partial charge in [-0.25, -0.2) is 4.89 Å². The lowest BCUT2D eigenvalue weighted by molar-refractivity contribution is -0.297. The predicted octanol–water partition coefficient (Wildman–Crippen LogP) is 2.16. The molecule has 0 aromatic carbocycles. The number of hydrogen-bond donors (Lipinski definition) is 1. The van der Waals surface area contributed by atoms with Gasteiger partial charge in [0.05, 0.1) is 6.10 Å². The van der Waals surface area contributed by atoms with Crippen molar-refractivity contribution in [3.05, 3.63) is 0 Å². The van der Waals surface area contributed by atoms with Gasteiger partial charge in [0.1, 0.15) is 0 Å². The van der Waals surface area contributed by atoms with Gasteiger partial charge in [0.15, 0.2) is 0 Å². The van der Waals surface area contributed by atoms with Gasteiger partial charge in [-0.1, -0.05) is 27.7 Å². The second kappa shape index (κ2) is 3.85. The highest BCUT2D eigenvalue weighted by atomic mass is 17.1. The fraction of sp³-hybridized carbons (Fsp3) is 1.00. The van der Waals surface area contributed by atoms with Crippen molar-refractivity contribution in [3.63, 3.8) is 0 Å². The first-order valence-corrected chi connectivity index (χ1v) is 3.39. The Labute approximate surface area is 56.8 Å². The van der Waals surface area contributed by atoms with Gasteiger partial charge in [-0.3, -0.25) is 5.26 Å². The summed E-state index contributed by atoms with van der Waals surface area (Å²) in [5.74, 6) is 0.769. The molecule has 0 saturated carbocycles. The van der Waals surface area contributed by atoms with Gasteiger partial charge >= 0.3 is 0 Å². The van der Waals surface area contributed by atoms with E-state index >= 15 is 0 Å². The Kier molecular flexibility index (Phi) is 3.82. The lowest BCUT2D eigenvalue weighted by Crippen LogP contribution is -2.24. The van der Waals surface area contributed by atoms with E-state index in [4.69, 9.17) is 5.26 Å². The van der Waals surface area contributed by atoms with E-state index in [0.29, 0.717) is 11.8 Å². The second-order valence-corrected chi connectivity index (χ2v) is 3.06. The first-order valence-electron chi connectivity index (χ1n) is 3.39. The standard InChI is InChI=1S/C7H16O2/c1-5(2)7(9-8)6(3)4/h5-8H,1-4H3. The van der Waals surface area contributed by atoms with E-state index in [1.165, 1.54) is 0 Å². The van der Waals surface area contributed by atoms with Crippen LogP contribution in [0, 0.1) is 11.8 Å². The van der Waals surface area contributed by atoms with Crippen LogP contribution in [-0.2, 0) is 4.89 Å². The Hall–Kier alpha value is -0.0800. The Bertz CT molecular complexity index is 61.3. The molecule has 0 spiro atoms. The SMILES string of the molecule is CC(C)C(OO)C(C)C. The smallest absolute Gasteiger partial charge is 0.0972 e. The summed E-state index contributed by atoms with van der Waals surface area (Å²) in [5.41, 5.74) is 0. The molecule has 0 atom stereocenters. The number of hydrogen-bond acceptors (Lipinski definition) is 2. The summed E-state index contributed by atoms with van der Waals surface area (Å²) in [6, 6.07) is 0. The number of rotatable bonds is 3. The van der Waals surface area contributed by atoms with Crippen LogP contribution in [0.4, 0.5) is 0 Å². The molecule has 0 aromatic rings. The first kappa shape index (κ1) is 8.92. The van der Waals surface area contributed by atoms with Gasteiger partial charge in [0, 0.05) is 0 Å². The average molecular weight is 132 g/mol. The maximum atomic E-state index is 8.37. The highest BCUT2D eigenvalue weighted by Crippen LogP contribution is 2.14. The third kappa shape index (κ3) is 2.82. The van der Waals surface area contributed by atoms with Crippen LogP contribution in [0.3, 0.4) is 0 Å². The summed E-state index contributed by atoms with van der Waals surface area (Å²) in [4.78, 5) is 4.27. The van der Waals surface area contributed by atoms with Crippen molar-refractivity contribution in [1.82, 2.24) is 0 Å². The average Bonchev–Trinajstić information content (AvgIpc) is 1.64. The molecule has 0 aromatic heterocycles. The minimum absolute atomic E-state index is 0.0231. The lowest BCUT2D eigenvalue weighted by atomic mass is 9.97. The summed E-state index contributed by atoms with van der Waals surface area (Å²) in [7, 11) is 0. The zero-order valence-corrected chi connectivity index (χ0v) is 6.59. The minimum atomic E-state index is -0.0231. The second-order valence-electron chi connectivity index (χ2n) is 3.06. The molecule has 0 saturated heterocycles. The largest absolute Gasteiger partial charge is 0.252 e. The summed E-state index contributed by atoms with van der Waals surface area (Å²) >= 11 is 0. The summed E-state index contributed by atoms with van der Waals surface area (Å²) in [6.45, 7) is 8.11. The van der Waals surface area contributed by atoms with Crippen molar-refractivity contribution in [2.24, 2.45) is 11.8 Å². The van der Waals surface area contributed by atoms with Crippen molar-refractivity contribution < 1.29 is 10.1 Å². The van der Waals surface area contributed by atoms with Crippen molar-refractivity contribution in [2.75, 3.05) is 0 Å². The third-order valence-electron chi connectivity index (χ3n) is 1.44. The van der Waals surface area contributed by atoms with Gasteiger partial charge in [0.25, 0.3) is 0 Å². The Morgan fingerprint density at radius 3 is 1.33 bits per heavy atom. The van der Waals surface area contributed by atoms with Crippen LogP contribution in [0.5, 0.6) is 0 Å². The summed E-state index contributed by atoms with van der Waals surface area (Å²) in [6.07, 6.45) is -0.0231. The van der Waals surface area contributed by atoms with E-state index in [9.17, 15) is 0 Å². The topological polar surface area (TPSA) is 29.5 Å². The van der Waals surface area contributed by atoms with Crippen molar-refractivity contribution in [1.29, 1.82) is 0 Å². The molecule has 56 valence electrons. The fourth-order valence-electron chi connectivity index (χ4n) is 1.01. The molecule has 0 unspecified atom stereocenters. The van der Waals surface area contributed by atoms with Gasteiger partial charge in [0.2, 0.25) is 0 Å². The zero-order valence-electron chi connectivity index (χ0n) is 6.59. The highest BCUT2D eigenvalue weighted by molar-refractivity contribution is 4.63. The molecule has 9 heavy (non-hydrogen) atoms. The fourth-order valence-corrected chi connectivity index (χ4v) is 1.01. The highest BCUT2D eigenvalue weighted by Gasteiger charge is 2.17. The molecule has 0 rings (SSSR count). The molecule has 0 aliphatic heterocycles. The van der Waals surface area contributed by atoms with Crippen molar-refractivity contribution in [2.45, 2.75) is 33.8 Å². The molecule has 0 amide bonds. The molecule has 0 aliphatic rings. The minimum Gasteiger partial charge on any atom is -0.252 e. The van der Waals surface area contributed by atoms with Crippen LogP contribution in [-0.4, -0.2) is 11.4 Å². The van der Waals surface area contributed by atoms with Gasteiger partial charge in [-0.15, -0.1) is 0 Å². The molecular weight excluding hydrogens is 116 g/mol. The van der Waals surface area contributed by atoms with E-state index in [1.807, 2.05) is 27.7 Å². The van der Waals surface area contributed by atoms with E-state index in [0.717, 1.165) is 0 Å². The molecule has 2 nitrogen and oxygen atoms in total. The van der Waals surface area contributed by atoms with E-state index in [-0.39, 0.29) is 6.10 Å². The van der Waals surface area contributed by atoms with Crippen molar-refractivity contribution in [3.8, 4) is 0 Å². The first-order chi connectivity index (χ1) is 4.09.